The molecule has 0 aliphatic carbocycles. The summed E-state index contributed by atoms with van der Waals surface area (Å²) in [5.74, 6) is -0.450. The number of amides is 1. The van der Waals surface area contributed by atoms with Gasteiger partial charge in [-0.3, -0.25) is 10.1 Å². The van der Waals surface area contributed by atoms with Gasteiger partial charge in [-0.15, -0.1) is 11.3 Å². The van der Waals surface area contributed by atoms with Crippen LogP contribution in [0.1, 0.15) is 21.6 Å². The Balaban J connectivity index is 1.69. The summed E-state index contributed by atoms with van der Waals surface area (Å²) < 4.78 is 0. The SMILES string of the molecule is Cc1ccc(/C=C(/C#N)C(=O)Nc2ncc(Cc3ccccc3)s2)cc1. The Morgan fingerprint density at radius 2 is 1.92 bits per heavy atom. The molecular formula is C21H17N3OS. The van der Waals surface area contributed by atoms with Crippen LogP contribution in [0.4, 0.5) is 5.13 Å². The van der Waals surface area contributed by atoms with E-state index in [0.717, 1.165) is 22.4 Å². The van der Waals surface area contributed by atoms with E-state index in [-0.39, 0.29) is 5.57 Å². The van der Waals surface area contributed by atoms with Crippen molar-refractivity contribution in [2.24, 2.45) is 0 Å². The fourth-order valence-electron chi connectivity index (χ4n) is 2.39. The first-order chi connectivity index (χ1) is 12.6. The molecule has 3 aromatic rings. The van der Waals surface area contributed by atoms with Gasteiger partial charge in [0.15, 0.2) is 5.13 Å². The fourth-order valence-corrected chi connectivity index (χ4v) is 3.23. The van der Waals surface area contributed by atoms with Gasteiger partial charge < -0.3 is 0 Å². The molecular weight excluding hydrogens is 342 g/mol. The summed E-state index contributed by atoms with van der Waals surface area (Å²) in [6.45, 7) is 1.99. The van der Waals surface area contributed by atoms with E-state index in [1.54, 1.807) is 12.3 Å². The first-order valence-electron chi connectivity index (χ1n) is 8.12. The number of thiazole rings is 1. The maximum Gasteiger partial charge on any atom is 0.268 e. The number of anilines is 1. The molecule has 0 saturated heterocycles. The van der Waals surface area contributed by atoms with Crippen molar-refractivity contribution in [2.45, 2.75) is 13.3 Å². The fraction of sp³-hybridized carbons (Fsp3) is 0.0952. The molecule has 5 heteroatoms. The average molecular weight is 359 g/mol. The Morgan fingerprint density at radius 3 is 2.62 bits per heavy atom. The van der Waals surface area contributed by atoms with E-state index < -0.39 is 5.91 Å². The van der Waals surface area contributed by atoms with Gasteiger partial charge in [-0.2, -0.15) is 5.26 Å². The second-order valence-electron chi connectivity index (χ2n) is 5.83. The largest absolute Gasteiger partial charge is 0.297 e. The van der Waals surface area contributed by atoms with Crippen molar-refractivity contribution in [2.75, 3.05) is 5.32 Å². The van der Waals surface area contributed by atoms with Gasteiger partial charge in [-0.05, 0) is 24.1 Å². The molecule has 128 valence electrons. The Labute approximate surface area is 156 Å². The summed E-state index contributed by atoms with van der Waals surface area (Å²) in [4.78, 5) is 17.6. The van der Waals surface area contributed by atoms with Gasteiger partial charge in [0.05, 0.1) is 0 Å². The number of carbonyl (C=O) groups is 1. The number of nitrogens with zero attached hydrogens (tertiary/aromatic N) is 2. The predicted octanol–water partition coefficient (Wildman–Crippen LogP) is 4.59. The highest BCUT2D eigenvalue weighted by Crippen LogP contribution is 2.22. The zero-order valence-electron chi connectivity index (χ0n) is 14.3. The van der Waals surface area contributed by atoms with Crippen LogP contribution in [0, 0.1) is 18.3 Å². The average Bonchev–Trinajstić information content (AvgIpc) is 3.08. The molecule has 1 aromatic heterocycles. The molecule has 1 N–H and O–H groups in total. The summed E-state index contributed by atoms with van der Waals surface area (Å²) >= 11 is 1.41. The van der Waals surface area contributed by atoms with E-state index in [1.807, 2.05) is 55.5 Å². The highest BCUT2D eigenvalue weighted by Gasteiger charge is 2.12. The van der Waals surface area contributed by atoms with Crippen LogP contribution in [-0.2, 0) is 11.2 Å². The maximum atomic E-state index is 12.3. The van der Waals surface area contributed by atoms with E-state index in [1.165, 1.54) is 16.9 Å². The third-order valence-corrected chi connectivity index (χ3v) is 4.66. The first kappa shape index (κ1) is 17.6. The van der Waals surface area contributed by atoms with Crippen molar-refractivity contribution >= 4 is 28.5 Å². The van der Waals surface area contributed by atoms with E-state index in [9.17, 15) is 10.1 Å². The van der Waals surface area contributed by atoms with Crippen LogP contribution in [0.15, 0.2) is 66.4 Å². The lowest BCUT2D eigenvalue weighted by molar-refractivity contribution is -0.112. The van der Waals surface area contributed by atoms with Gasteiger partial charge >= 0.3 is 0 Å². The molecule has 0 radical (unpaired) electrons. The van der Waals surface area contributed by atoms with Crippen molar-refractivity contribution < 1.29 is 4.79 Å². The lowest BCUT2D eigenvalue weighted by Gasteiger charge is -2.01. The van der Waals surface area contributed by atoms with Crippen LogP contribution in [0.2, 0.25) is 0 Å². The van der Waals surface area contributed by atoms with Gasteiger partial charge in [0.25, 0.3) is 5.91 Å². The molecule has 26 heavy (non-hydrogen) atoms. The molecule has 0 saturated carbocycles. The standard InChI is InChI=1S/C21H17N3OS/c1-15-7-9-17(10-8-15)11-18(13-22)20(25)24-21-23-14-19(26-21)12-16-5-3-2-4-6-16/h2-11,14H,12H2,1H3,(H,23,24,25)/b18-11-. The number of aryl methyl sites for hydroxylation is 1. The number of hydrogen-bond acceptors (Lipinski definition) is 4. The van der Waals surface area contributed by atoms with E-state index in [4.69, 9.17) is 0 Å². The molecule has 2 aromatic carbocycles. The molecule has 0 bridgehead atoms. The normalized spacial score (nSPS) is 11.0. The van der Waals surface area contributed by atoms with Crippen LogP contribution in [0.25, 0.3) is 6.08 Å². The second-order valence-corrected chi connectivity index (χ2v) is 6.94. The minimum Gasteiger partial charge on any atom is -0.297 e. The zero-order chi connectivity index (χ0) is 18.4. The minimum absolute atomic E-state index is 0.0497. The Hall–Kier alpha value is -3.23. The third kappa shape index (κ3) is 4.65. The molecule has 1 heterocycles. The molecule has 4 nitrogen and oxygen atoms in total. The Kier molecular flexibility index (Phi) is 5.57. The van der Waals surface area contributed by atoms with Crippen molar-refractivity contribution in [1.29, 1.82) is 5.26 Å². The number of carbonyl (C=O) groups excluding carboxylic acids is 1. The van der Waals surface area contributed by atoms with Crippen molar-refractivity contribution in [1.82, 2.24) is 4.98 Å². The third-order valence-electron chi connectivity index (χ3n) is 3.75. The monoisotopic (exact) mass is 359 g/mol. The number of hydrogen-bond donors (Lipinski definition) is 1. The predicted molar refractivity (Wildman–Crippen MR) is 105 cm³/mol. The van der Waals surface area contributed by atoms with Gasteiger partial charge in [-0.1, -0.05) is 60.2 Å². The topological polar surface area (TPSA) is 65.8 Å². The van der Waals surface area contributed by atoms with Crippen LogP contribution in [0.3, 0.4) is 0 Å². The molecule has 0 aliphatic heterocycles. The minimum atomic E-state index is -0.450. The van der Waals surface area contributed by atoms with Gasteiger partial charge in [0.1, 0.15) is 11.6 Å². The second kappa shape index (κ2) is 8.24. The Morgan fingerprint density at radius 1 is 1.19 bits per heavy atom. The number of rotatable bonds is 5. The molecule has 3 rings (SSSR count). The maximum absolute atomic E-state index is 12.3. The number of benzene rings is 2. The quantitative estimate of drug-likeness (QED) is 0.535. The van der Waals surface area contributed by atoms with Crippen molar-refractivity contribution in [3.05, 3.63) is 87.9 Å². The van der Waals surface area contributed by atoms with Crippen molar-refractivity contribution in [3.63, 3.8) is 0 Å². The zero-order valence-corrected chi connectivity index (χ0v) is 15.1. The highest BCUT2D eigenvalue weighted by atomic mass is 32.1. The molecule has 0 spiro atoms. The summed E-state index contributed by atoms with van der Waals surface area (Å²) in [6, 6.07) is 19.7. The smallest absolute Gasteiger partial charge is 0.268 e. The highest BCUT2D eigenvalue weighted by molar-refractivity contribution is 7.15. The van der Waals surface area contributed by atoms with E-state index in [0.29, 0.717) is 5.13 Å². The molecule has 0 unspecified atom stereocenters. The summed E-state index contributed by atoms with van der Waals surface area (Å²) in [5.41, 5.74) is 3.17. The van der Waals surface area contributed by atoms with Crippen molar-refractivity contribution in [3.8, 4) is 6.07 Å². The lowest BCUT2D eigenvalue weighted by atomic mass is 10.1. The van der Waals surface area contributed by atoms with Crippen LogP contribution >= 0.6 is 11.3 Å². The van der Waals surface area contributed by atoms with Crippen LogP contribution < -0.4 is 5.32 Å². The summed E-state index contributed by atoms with van der Waals surface area (Å²) in [5, 5.41) is 12.5. The molecule has 0 aliphatic rings. The molecule has 0 atom stereocenters. The van der Waals surface area contributed by atoms with Crippen LogP contribution in [-0.4, -0.2) is 10.9 Å². The van der Waals surface area contributed by atoms with Gasteiger partial charge in [-0.25, -0.2) is 4.98 Å². The first-order valence-corrected chi connectivity index (χ1v) is 8.94. The number of nitriles is 1. The summed E-state index contributed by atoms with van der Waals surface area (Å²) in [6.07, 6.45) is 4.09. The Bertz CT molecular complexity index is 966. The summed E-state index contributed by atoms with van der Waals surface area (Å²) in [7, 11) is 0. The molecule has 1 amide bonds. The van der Waals surface area contributed by atoms with Gasteiger partial charge in [0, 0.05) is 17.5 Å². The van der Waals surface area contributed by atoms with E-state index in [2.05, 4.69) is 22.4 Å². The number of nitrogens with one attached hydrogen (secondary N) is 1. The van der Waals surface area contributed by atoms with E-state index >= 15 is 0 Å². The number of aromatic nitrogens is 1. The van der Waals surface area contributed by atoms with Gasteiger partial charge in [0.2, 0.25) is 0 Å². The lowest BCUT2D eigenvalue weighted by Crippen LogP contribution is -2.13. The van der Waals surface area contributed by atoms with Crippen LogP contribution in [0.5, 0.6) is 0 Å². The molecule has 0 fully saturated rings.